The van der Waals surface area contributed by atoms with Crippen LogP contribution in [0.1, 0.15) is 54.3 Å². The quantitative estimate of drug-likeness (QED) is 0.250. The van der Waals surface area contributed by atoms with E-state index in [1.165, 1.54) is 30.6 Å². The fourth-order valence-corrected chi connectivity index (χ4v) is 6.66. The number of carboxylic acid groups (broad SMARTS) is 1. The number of nitrogen functional groups attached to an aromatic ring is 1. The third kappa shape index (κ3) is 7.18. The lowest BCUT2D eigenvalue weighted by Crippen LogP contribution is -2.45. The maximum absolute atomic E-state index is 14.1. The van der Waals surface area contributed by atoms with Gasteiger partial charge in [-0.3, -0.25) is 14.5 Å². The van der Waals surface area contributed by atoms with Crippen molar-refractivity contribution in [2.45, 2.75) is 26.1 Å². The van der Waals surface area contributed by atoms with Crippen LogP contribution in [0.15, 0.2) is 36.7 Å². The zero-order valence-corrected chi connectivity index (χ0v) is 27.9. The molecule has 5 heterocycles. The number of carbonyl (C=O) groups excluding carboxylic acids is 2. The van der Waals surface area contributed by atoms with Crippen LogP contribution in [-0.2, 0) is 26.2 Å². The molecular formula is C33H32F3N9O4S. The van der Waals surface area contributed by atoms with E-state index in [9.17, 15) is 32.7 Å². The number of alkyl halides is 3. The van der Waals surface area contributed by atoms with Gasteiger partial charge in [-0.2, -0.15) is 13.2 Å². The van der Waals surface area contributed by atoms with Crippen molar-refractivity contribution in [3.8, 4) is 23.2 Å². The van der Waals surface area contributed by atoms with Crippen LogP contribution in [0.25, 0.3) is 11.4 Å². The Bertz CT molecular complexity index is 2040. The topological polar surface area (TPSA) is 163 Å². The van der Waals surface area contributed by atoms with Gasteiger partial charge in [0.1, 0.15) is 10.6 Å². The summed E-state index contributed by atoms with van der Waals surface area (Å²) in [5.41, 5.74) is 7.18. The summed E-state index contributed by atoms with van der Waals surface area (Å²) in [7, 11) is 1.72. The lowest BCUT2D eigenvalue weighted by molar-refractivity contribution is -0.138. The number of likely N-dealkylation sites (N-methyl/N-ethyl adjacent to an activating group) is 1. The number of rotatable bonds is 6. The van der Waals surface area contributed by atoms with E-state index in [1.54, 1.807) is 11.6 Å². The molecule has 0 spiro atoms. The first-order chi connectivity index (χ1) is 23.8. The van der Waals surface area contributed by atoms with Gasteiger partial charge in [-0.05, 0) is 36.2 Å². The number of piperazine rings is 1. The predicted molar refractivity (Wildman–Crippen MR) is 178 cm³/mol. The van der Waals surface area contributed by atoms with Gasteiger partial charge in [0, 0.05) is 70.3 Å². The lowest BCUT2D eigenvalue weighted by Gasteiger charge is -2.34. The van der Waals surface area contributed by atoms with Crippen molar-refractivity contribution in [1.82, 2.24) is 34.2 Å². The van der Waals surface area contributed by atoms with E-state index in [0.29, 0.717) is 42.2 Å². The molecule has 1 fully saturated rings. The van der Waals surface area contributed by atoms with E-state index in [1.807, 2.05) is 4.90 Å². The molecule has 17 heteroatoms. The van der Waals surface area contributed by atoms with Crippen molar-refractivity contribution in [2.75, 3.05) is 50.3 Å². The van der Waals surface area contributed by atoms with Gasteiger partial charge in [-0.1, -0.05) is 18.9 Å². The number of fused-ring (bicyclic) bond motifs is 1. The van der Waals surface area contributed by atoms with Crippen LogP contribution in [0.2, 0.25) is 0 Å². The molecule has 0 bridgehead atoms. The summed E-state index contributed by atoms with van der Waals surface area (Å²) in [5, 5.41) is 12.2. The number of nitrogens with one attached hydrogen (secondary N) is 1. The van der Waals surface area contributed by atoms with E-state index in [4.69, 9.17) is 5.73 Å². The molecule has 0 radical (unpaired) electrons. The van der Waals surface area contributed by atoms with Crippen LogP contribution >= 0.6 is 11.3 Å². The van der Waals surface area contributed by atoms with E-state index < -0.39 is 29.6 Å². The number of nitrogens with two attached hydrogens (primary N) is 1. The molecule has 6 rings (SSSR count). The second kappa shape index (κ2) is 13.9. The number of hydrogen-bond acceptors (Lipinski definition) is 10. The van der Waals surface area contributed by atoms with E-state index in [-0.39, 0.29) is 45.7 Å². The fraction of sp³-hybridized carbons (Fsp3) is 0.333. The lowest BCUT2D eigenvalue weighted by atomic mass is 10.0. The molecule has 1 aromatic carbocycles. The minimum atomic E-state index is -4.60. The molecule has 50 heavy (non-hydrogen) atoms. The zero-order valence-electron chi connectivity index (χ0n) is 27.0. The minimum Gasteiger partial charge on any atom is -0.465 e. The third-order valence-electron chi connectivity index (χ3n) is 8.70. The van der Waals surface area contributed by atoms with Gasteiger partial charge in [-0.15, -0.1) is 11.3 Å². The first kappa shape index (κ1) is 34.5. The highest BCUT2D eigenvalue weighted by Gasteiger charge is 2.35. The van der Waals surface area contributed by atoms with Crippen molar-refractivity contribution in [1.29, 1.82) is 0 Å². The number of carbonyl (C=O) groups is 3. The van der Waals surface area contributed by atoms with Crippen molar-refractivity contribution in [3.63, 3.8) is 0 Å². The third-order valence-corrected chi connectivity index (χ3v) is 9.61. The Balaban J connectivity index is 1.19. The molecule has 3 amide bonds. The number of amides is 3. The largest absolute Gasteiger partial charge is 0.465 e. The average molecular weight is 708 g/mol. The van der Waals surface area contributed by atoms with Crippen molar-refractivity contribution in [3.05, 3.63) is 74.5 Å². The summed E-state index contributed by atoms with van der Waals surface area (Å²) in [4.78, 5) is 55.0. The number of benzene rings is 1. The Kier molecular flexibility index (Phi) is 9.60. The SMILES string of the molecule is CCN1CCN(Cc2ccc(NC(=O)c3cnc(C#Cc4cnc(N)nc4-c4cc5c(n4C)CCN(C(=O)O)C5=O)s3)cc2C(F)(F)F)CC1. The summed E-state index contributed by atoms with van der Waals surface area (Å²) in [6.07, 6.45) is -2.95. The van der Waals surface area contributed by atoms with Crippen LogP contribution in [0.4, 0.5) is 29.6 Å². The molecule has 4 N–H and O–H groups in total. The molecule has 4 aromatic rings. The zero-order chi connectivity index (χ0) is 35.7. The number of aromatic nitrogens is 4. The molecule has 2 aliphatic rings. The molecule has 2 aliphatic heterocycles. The monoisotopic (exact) mass is 707 g/mol. The molecule has 1 saturated heterocycles. The van der Waals surface area contributed by atoms with Gasteiger partial charge in [0.2, 0.25) is 5.95 Å². The summed E-state index contributed by atoms with van der Waals surface area (Å²) < 4.78 is 43.9. The summed E-state index contributed by atoms with van der Waals surface area (Å²) in [5.74, 6) is 4.45. The minimum absolute atomic E-state index is 0.00166. The Hall–Kier alpha value is -5.31. The molecule has 0 unspecified atom stereocenters. The number of hydrogen-bond donors (Lipinski definition) is 3. The van der Waals surface area contributed by atoms with Gasteiger partial charge < -0.3 is 25.6 Å². The van der Waals surface area contributed by atoms with E-state index in [2.05, 4.69) is 43.9 Å². The van der Waals surface area contributed by atoms with Gasteiger partial charge in [0.25, 0.3) is 11.8 Å². The van der Waals surface area contributed by atoms with Gasteiger partial charge >= 0.3 is 12.3 Å². The Morgan fingerprint density at radius 1 is 1.06 bits per heavy atom. The van der Waals surface area contributed by atoms with Crippen LogP contribution in [-0.4, -0.2) is 96.5 Å². The number of anilines is 2. The highest BCUT2D eigenvalue weighted by molar-refractivity contribution is 7.14. The Morgan fingerprint density at radius 3 is 2.50 bits per heavy atom. The summed E-state index contributed by atoms with van der Waals surface area (Å²) >= 11 is 0.945. The fourth-order valence-electron chi connectivity index (χ4n) is 6.00. The number of halogens is 3. The second-order valence-corrected chi connectivity index (χ2v) is 12.8. The maximum Gasteiger partial charge on any atom is 0.416 e. The van der Waals surface area contributed by atoms with Crippen molar-refractivity contribution >= 4 is 40.9 Å². The van der Waals surface area contributed by atoms with Gasteiger partial charge in [0.15, 0.2) is 5.01 Å². The van der Waals surface area contributed by atoms with Crippen molar-refractivity contribution in [2.24, 2.45) is 7.05 Å². The summed E-state index contributed by atoms with van der Waals surface area (Å²) in [6, 6.07) is 5.36. The number of imide groups is 1. The molecule has 0 atom stereocenters. The normalized spacial score (nSPS) is 15.4. The highest BCUT2D eigenvalue weighted by atomic mass is 32.1. The molecule has 13 nitrogen and oxygen atoms in total. The number of nitrogens with zero attached hydrogens (tertiary/aromatic N) is 7. The number of thiazole rings is 1. The molecular weight excluding hydrogens is 675 g/mol. The molecule has 3 aromatic heterocycles. The first-order valence-corrected chi connectivity index (χ1v) is 16.4. The predicted octanol–water partition coefficient (Wildman–Crippen LogP) is 4.01. The summed E-state index contributed by atoms with van der Waals surface area (Å²) in [6.45, 7) is 6.09. The second-order valence-electron chi connectivity index (χ2n) is 11.7. The van der Waals surface area contributed by atoms with Crippen LogP contribution < -0.4 is 11.1 Å². The standard InChI is InChI=1S/C33H32F3N9O4S/c1-3-43-10-12-44(13-11-43)18-20-4-6-21(14-23(20)33(34,35)36)40-29(46)26-17-38-27(50-26)7-5-19-16-39-31(37)41-28(19)25-15-22-24(42(25)2)8-9-45(30(22)47)32(48)49/h4,6,14-17H,3,8-13,18H2,1-2H3,(H,40,46)(H,48,49)(H2,37,39,41). The molecule has 0 saturated carbocycles. The van der Waals surface area contributed by atoms with Crippen LogP contribution in [0.5, 0.6) is 0 Å². The molecule has 0 aliphatic carbocycles. The highest BCUT2D eigenvalue weighted by Crippen LogP contribution is 2.35. The Labute approximate surface area is 288 Å². The molecule has 260 valence electrons. The van der Waals surface area contributed by atoms with Gasteiger partial charge in [-0.25, -0.2) is 24.6 Å². The van der Waals surface area contributed by atoms with E-state index in [0.717, 1.165) is 41.9 Å². The van der Waals surface area contributed by atoms with Crippen LogP contribution in [0, 0.1) is 11.8 Å². The van der Waals surface area contributed by atoms with Gasteiger partial charge in [0.05, 0.1) is 28.6 Å². The smallest absolute Gasteiger partial charge is 0.416 e. The van der Waals surface area contributed by atoms with E-state index >= 15 is 0 Å². The van der Waals surface area contributed by atoms with Crippen molar-refractivity contribution < 1.29 is 32.7 Å². The van der Waals surface area contributed by atoms with Crippen LogP contribution in [0.3, 0.4) is 0 Å². The maximum atomic E-state index is 14.1. The first-order valence-electron chi connectivity index (χ1n) is 15.6. The average Bonchev–Trinajstić information content (AvgIpc) is 3.70. The Morgan fingerprint density at radius 2 is 1.80 bits per heavy atom.